The fourth-order valence-electron chi connectivity index (χ4n) is 2.57. The Kier molecular flexibility index (Phi) is 5.15. The number of nitrogens with zero attached hydrogens (tertiary/aromatic N) is 2. The number of oxazole rings is 1. The summed E-state index contributed by atoms with van der Waals surface area (Å²) in [6.07, 6.45) is 4.64. The molecule has 0 spiro atoms. The molecular weight excluding hydrogens is 276 g/mol. The molecule has 0 aliphatic carbocycles. The van der Waals surface area contributed by atoms with Crippen molar-refractivity contribution in [2.45, 2.75) is 39.8 Å². The van der Waals surface area contributed by atoms with Gasteiger partial charge in [0.1, 0.15) is 0 Å². The van der Waals surface area contributed by atoms with Gasteiger partial charge in [-0.25, -0.2) is 4.98 Å². The van der Waals surface area contributed by atoms with Crippen molar-refractivity contribution in [1.82, 2.24) is 9.88 Å². The van der Waals surface area contributed by atoms with Gasteiger partial charge in [0.05, 0.1) is 6.20 Å². The summed E-state index contributed by atoms with van der Waals surface area (Å²) in [5.74, 6) is 0.562. The lowest BCUT2D eigenvalue weighted by Gasteiger charge is -2.30. The zero-order valence-corrected chi connectivity index (χ0v) is 13.5. The highest BCUT2D eigenvalue weighted by Gasteiger charge is 2.20. The van der Waals surface area contributed by atoms with E-state index in [2.05, 4.69) is 4.98 Å². The Morgan fingerprint density at radius 2 is 1.77 bits per heavy atom. The molecule has 0 aliphatic heterocycles. The minimum absolute atomic E-state index is 0.0275. The number of benzene rings is 1. The second kappa shape index (κ2) is 7.07. The molecule has 116 valence electrons. The van der Waals surface area contributed by atoms with Crippen LogP contribution in [0.15, 0.2) is 53.4 Å². The highest BCUT2D eigenvalue weighted by atomic mass is 16.3. The largest absolute Gasteiger partial charge is 0.443 e. The zero-order chi connectivity index (χ0) is 16.1. The smallest absolute Gasteiger partial charge is 0.247 e. The molecule has 2 rings (SSSR count). The molecule has 0 atom stereocenters. The predicted molar refractivity (Wildman–Crippen MR) is 87.1 cm³/mol. The minimum atomic E-state index is -0.0275. The van der Waals surface area contributed by atoms with E-state index in [1.165, 1.54) is 6.39 Å². The number of hydrogen-bond acceptors (Lipinski definition) is 3. The van der Waals surface area contributed by atoms with Gasteiger partial charge < -0.3 is 9.32 Å². The van der Waals surface area contributed by atoms with Crippen LogP contribution in [0.5, 0.6) is 0 Å². The van der Waals surface area contributed by atoms with Crippen LogP contribution in [0, 0.1) is 0 Å². The SMILES string of the molecule is CC(C)N(C(=O)C=C(c1ccccc1)c1cnco1)C(C)C. The number of rotatable bonds is 5. The van der Waals surface area contributed by atoms with E-state index in [1.807, 2.05) is 62.9 Å². The van der Waals surface area contributed by atoms with Crippen LogP contribution in [0.3, 0.4) is 0 Å². The van der Waals surface area contributed by atoms with Crippen molar-refractivity contribution in [3.05, 3.63) is 60.3 Å². The van der Waals surface area contributed by atoms with Crippen molar-refractivity contribution >= 4 is 11.5 Å². The number of aromatic nitrogens is 1. The van der Waals surface area contributed by atoms with E-state index in [4.69, 9.17) is 4.42 Å². The predicted octanol–water partition coefficient (Wildman–Crippen LogP) is 3.75. The van der Waals surface area contributed by atoms with Gasteiger partial charge in [-0.2, -0.15) is 0 Å². The average molecular weight is 298 g/mol. The molecule has 0 unspecified atom stereocenters. The topological polar surface area (TPSA) is 46.3 Å². The fourth-order valence-corrected chi connectivity index (χ4v) is 2.57. The first kappa shape index (κ1) is 16.0. The van der Waals surface area contributed by atoms with Crippen LogP contribution >= 0.6 is 0 Å². The molecule has 4 heteroatoms. The molecule has 0 fully saturated rings. The lowest BCUT2D eigenvalue weighted by atomic mass is 10.0. The second-order valence-electron chi connectivity index (χ2n) is 5.72. The van der Waals surface area contributed by atoms with Crippen LogP contribution in [0.1, 0.15) is 39.0 Å². The van der Waals surface area contributed by atoms with Gasteiger partial charge in [0, 0.05) is 23.7 Å². The van der Waals surface area contributed by atoms with Gasteiger partial charge in [0.25, 0.3) is 0 Å². The van der Waals surface area contributed by atoms with Crippen molar-refractivity contribution in [3.8, 4) is 0 Å². The van der Waals surface area contributed by atoms with E-state index in [0.29, 0.717) is 5.76 Å². The molecule has 0 radical (unpaired) electrons. The van der Waals surface area contributed by atoms with Gasteiger partial charge in [0.2, 0.25) is 5.91 Å². The van der Waals surface area contributed by atoms with Crippen LogP contribution in [-0.2, 0) is 4.79 Å². The number of carbonyl (C=O) groups is 1. The molecule has 1 heterocycles. The monoisotopic (exact) mass is 298 g/mol. The third-order valence-electron chi connectivity index (χ3n) is 3.42. The second-order valence-corrected chi connectivity index (χ2v) is 5.72. The first-order valence-electron chi connectivity index (χ1n) is 7.49. The molecule has 0 saturated carbocycles. The van der Waals surface area contributed by atoms with Gasteiger partial charge in [-0.3, -0.25) is 4.79 Å². The van der Waals surface area contributed by atoms with Crippen molar-refractivity contribution in [2.24, 2.45) is 0 Å². The molecule has 22 heavy (non-hydrogen) atoms. The first-order chi connectivity index (χ1) is 10.5. The van der Waals surface area contributed by atoms with Crippen LogP contribution < -0.4 is 0 Å². The van der Waals surface area contributed by atoms with E-state index in [1.54, 1.807) is 12.3 Å². The maximum atomic E-state index is 12.7. The van der Waals surface area contributed by atoms with Crippen LogP contribution in [0.2, 0.25) is 0 Å². The molecule has 1 amide bonds. The summed E-state index contributed by atoms with van der Waals surface area (Å²) in [5, 5.41) is 0. The average Bonchev–Trinajstić information content (AvgIpc) is 2.98. The van der Waals surface area contributed by atoms with Crippen LogP contribution in [0.4, 0.5) is 0 Å². The van der Waals surface area contributed by atoms with Crippen molar-refractivity contribution in [3.63, 3.8) is 0 Å². The quantitative estimate of drug-likeness (QED) is 0.790. The third kappa shape index (κ3) is 3.64. The lowest BCUT2D eigenvalue weighted by molar-refractivity contribution is -0.129. The summed E-state index contributed by atoms with van der Waals surface area (Å²) in [5.41, 5.74) is 1.68. The van der Waals surface area contributed by atoms with E-state index in [-0.39, 0.29) is 18.0 Å². The Balaban J connectivity index is 2.43. The third-order valence-corrected chi connectivity index (χ3v) is 3.42. The van der Waals surface area contributed by atoms with Gasteiger partial charge in [-0.05, 0) is 33.3 Å². The Morgan fingerprint density at radius 3 is 2.27 bits per heavy atom. The normalized spacial score (nSPS) is 12.0. The molecule has 0 saturated heterocycles. The Labute approximate surface area is 131 Å². The molecule has 2 aromatic rings. The number of hydrogen-bond donors (Lipinski definition) is 0. The summed E-state index contributed by atoms with van der Waals surface area (Å²) in [7, 11) is 0. The summed E-state index contributed by atoms with van der Waals surface area (Å²) in [4.78, 5) is 18.5. The zero-order valence-electron chi connectivity index (χ0n) is 13.5. The van der Waals surface area contributed by atoms with E-state index >= 15 is 0 Å². The molecule has 1 aromatic carbocycles. The maximum absolute atomic E-state index is 12.7. The Hall–Kier alpha value is -2.36. The van der Waals surface area contributed by atoms with E-state index in [0.717, 1.165) is 11.1 Å². The van der Waals surface area contributed by atoms with Gasteiger partial charge in [0.15, 0.2) is 12.2 Å². The van der Waals surface area contributed by atoms with Crippen molar-refractivity contribution in [2.75, 3.05) is 0 Å². The first-order valence-corrected chi connectivity index (χ1v) is 7.49. The van der Waals surface area contributed by atoms with Crippen molar-refractivity contribution in [1.29, 1.82) is 0 Å². The maximum Gasteiger partial charge on any atom is 0.247 e. The molecule has 0 N–H and O–H groups in total. The van der Waals surface area contributed by atoms with E-state index < -0.39 is 0 Å². The molecule has 4 nitrogen and oxygen atoms in total. The van der Waals surface area contributed by atoms with Crippen LogP contribution in [-0.4, -0.2) is 27.9 Å². The number of carbonyl (C=O) groups excluding carboxylic acids is 1. The summed E-state index contributed by atoms with van der Waals surface area (Å²) < 4.78 is 5.40. The highest BCUT2D eigenvalue weighted by Crippen LogP contribution is 2.23. The Morgan fingerprint density at radius 1 is 1.14 bits per heavy atom. The summed E-state index contributed by atoms with van der Waals surface area (Å²) in [6, 6.07) is 10.00. The lowest BCUT2D eigenvalue weighted by Crippen LogP contribution is -2.41. The Bertz CT molecular complexity index is 620. The van der Waals surface area contributed by atoms with Gasteiger partial charge in [-0.1, -0.05) is 30.3 Å². The fraction of sp³-hybridized carbons (Fsp3) is 0.333. The summed E-state index contributed by atoms with van der Waals surface area (Å²) in [6.45, 7) is 8.06. The molecular formula is C18H22N2O2. The molecule has 0 aliphatic rings. The van der Waals surface area contributed by atoms with Crippen molar-refractivity contribution < 1.29 is 9.21 Å². The molecule has 1 aromatic heterocycles. The number of amides is 1. The molecule has 0 bridgehead atoms. The van der Waals surface area contributed by atoms with Gasteiger partial charge in [-0.15, -0.1) is 0 Å². The summed E-state index contributed by atoms with van der Waals surface area (Å²) >= 11 is 0. The van der Waals surface area contributed by atoms with Gasteiger partial charge >= 0.3 is 0 Å². The van der Waals surface area contributed by atoms with E-state index in [9.17, 15) is 4.79 Å². The van der Waals surface area contributed by atoms with Crippen LogP contribution in [0.25, 0.3) is 5.57 Å². The minimum Gasteiger partial charge on any atom is -0.443 e. The standard InChI is InChI=1S/C18H22N2O2/c1-13(2)20(14(3)4)18(21)10-16(17-11-19-12-22-17)15-8-6-5-7-9-15/h5-14H,1-4H3. The highest BCUT2D eigenvalue weighted by molar-refractivity contribution is 5.98.